The lowest BCUT2D eigenvalue weighted by atomic mass is 10.2. The molecule has 0 spiro atoms. The van der Waals surface area contributed by atoms with Gasteiger partial charge in [0, 0.05) is 12.7 Å². The maximum atomic E-state index is 12.5. The van der Waals surface area contributed by atoms with E-state index in [1.807, 2.05) is 0 Å². The summed E-state index contributed by atoms with van der Waals surface area (Å²) in [5.41, 5.74) is 0.747. The van der Waals surface area contributed by atoms with E-state index in [1.165, 1.54) is 0 Å². The predicted molar refractivity (Wildman–Crippen MR) is 85.5 cm³/mol. The van der Waals surface area contributed by atoms with Crippen molar-refractivity contribution < 1.29 is 13.2 Å². The highest BCUT2D eigenvalue weighted by Gasteiger charge is 2.41. The molecule has 23 heavy (non-hydrogen) atoms. The maximum absolute atomic E-state index is 12.5. The number of amides is 2. The van der Waals surface area contributed by atoms with E-state index >= 15 is 0 Å². The molecule has 1 aliphatic carbocycles. The highest BCUT2D eigenvalue weighted by atomic mass is 32.2. The number of nitrogens with one attached hydrogen (secondary N) is 1. The molecule has 2 heterocycles. The molecule has 1 atom stereocenters. The Bertz CT molecular complexity index is 688. The van der Waals surface area contributed by atoms with E-state index in [1.54, 1.807) is 24.1 Å². The van der Waals surface area contributed by atoms with Gasteiger partial charge >= 0.3 is 6.03 Å². The standard InChI is InChI=1S/C15H22N4O3S/c1-11-16-6-5-13(18-11)9-17-15(20)19-7-2-8-23(21,22)10-14(19)12-3-4-12/h5-6,12,14H,2-4,7-10H2,1H3,(H,17,20). The number of nitrogens with zero attached hydrogens (tertiary/aromatic N) is 3. The average molecular weight is 338 g/mol. The summed E-state index contributed by atoms with van der Waals surface area (Å²) in [7, 11) is -3.05. The molecule has 1 unspecified atom stereocenters. The number of hydrogen-bond donors (Lipinski definition) is 1. The third-order valence-corrected chi connectivity index (χ3v) is 6.12. The Labute approximate surface area is 136 Å². The van der Waals surface area contributed by atoms with Gasteiger partial charge in [0.15, 0.2) is 9.84 Å². The Balaban J connectivity index is 1.67. The van der Waals surface area contributed by atoms with Crippen molar-refractivity contribution in [3.63, 3.8) is 0 Å². The molecular weight excluding hydrogens is 316 g/mol. The van der Waals surface area contributed by atoms with Crippen molar-refractivity contribution in [1.29, 1.82) is 0 Å². The van der Waals surface area contributed by atoms with Crippen LogP contribution >= 0.6 is 0 Å². The summed E-state index contributed by atoms with van der Waals surface area (Å²) in [5.74, 6) is 1.26. The van der Waals surface area contributed by atoms with Gasteiger partial charge in [-0.05, 0) is 38.2 Å². The van der Waals surface area contributed by atoms with Crippen LogP contribution in [0.15, 0.2) is 12.3 Å². The van der Waals surface area contributed by atoms with Crippen molar-refractivity contribution in [2.24, 2.45) is 5.92 Å². The Morgan fingerprint density at radius 2 is 2.22 bits per heavy atom. The zero-order chi connectivity index (χ0) is 16.4. The number of sulfone groups is 1. The second-order valence-corrected chi connectivity index (χ2v) is 8.55. The van der Waals surface area contributed by atoms with Crippen molar-refractivity contribution in [2.45, 2.75) is 38.8 Å². The highest BCUT2D eigenvalue weighted by molar-refractivity contribution is 7.91. The molecule has 1 aromatic heterocycles. The molecule has 1 saturated carbocycles. The first-order chi connectivity index (χ1) is 10.9. The molecule has 1 aromatic rings. The molecule has 0 bridgehead atoms. The van der Waals surface area contributed by atoms with Crippen LogP contribution in [0.2, 0.25) is 0 Å². The summed E-state index contributed by atoms with van der Waals surface area (Å²) >= 11 is 0. The van der Waals surface area contributed by atoms with Crippen LogP contribution in [-0.4, -0.2) is 53.4 Å². The number of rotatable bonds is 3. The molecule has 8 heteroatoms. The SMILES string of the molecule is Cc1nccc(CNC(=O)N2CCCS(=O)(=O)CC2C2CC2)n1. The molecule has 7 nitrogen and oxygen atoms in total. The zero-order valence-electron chi connectivity index (χ0n) is 13.2. The van der Waals surface area contributed by atoms with Gasteiger partial charge < -0.3 is 10.2 Å². The van der Waals surface area contributed by atoms with E-state index in [0.717, 1.165) is 18.5 Å². The summed E-state index contributed by atoms with van der Waals surface area (Å²) in [6.45, 7) is 2.62. The summed E-state index contributed by atoms with van der Waals surface area (Å²) in [6.07, 6.45) is 4.19. The molecule has 1 N–H and O–H groups in total. The van der Waals surface area contributed by atoms with Gasteiger partial charge in [-0.25, -0.2) is 23.2 Å². The molecule has 2 aliphatic rings. The van der Waals surface area contributed by atoms with Gasteiger partial charge in [-0.15, -0.1) is 0 Å². The predicted octanol–water partition coefficient (Wildman–Crippen LogP) is 0.894. The Kier molecular flexibility index (Phi) is 4.52. The lowest BCUT2D eigenvalue weighted by Crippen LogP contribution is -2.48. The third-order valence-electron chi connectivity index (χ3n) is 4.36. The van der Waals surface area contributed by atoms with E-state index in [4.69, 9.17) is 0 Å². The first-order valence-electron chi connectivity index (χ1n) is 7.98. The summed E-state index contributed by atoms with van der Waals surface area (Å²) in [6, 6.07) is 1.38. The summed E-state index contributed by atoms with van der Waals surface area (Å²) in [4.78, 5) is 22.5. The molecule has 1 aliphatic heterocycles. The third kappa shape index (κ3) is 4.19. The van der Waals surface area contributed by atoms with Gasteiger partial charge in [0.2, 0.25) is 0 Å². The molecule has 1 saturated heterocycles. The van der Waals surface area contributed by atoms with Crippen molar-refractivity contribution in [3.8, 4) is 0 Å². The van der Waals surface area contributed by atoms with Crippen molar-refractivity contribution >= 4 is 15.9 Å². The number of hydrogen-bond acceptors (Lipinski definition) is 5. The van der Waals surface area contributed by atoms with Gasteiger partial charge in [0.1, 0.15) is 5.82 Å². The van der Waals surface area contributed by atoms with Gasteiger partial charge in [0.05, 0.1) is 29.8 Å². The van der Waals surface area contributed by atoms with Crippen molar-refractivity contribution in [2.75, 3.05) is 18.1 Å². The van der Waals surface area contributed by atoms with Crippen LogP contribution in [0.25, 0.3) is 0 Å². The number of carbonyl (C=O) groups is 1. The quantitative estimate of drug-likeness (QED) is 0.884. The van der Waals surface area contributed by atoms with Crippen molar-refractivity contribution in [3.05, 3.63) is 23.8 Å². The van der Waals surface area contributed by atoms with Crippen LogP contribution in [0.4, 0.5) is 4.79 Å². The van der Waals surface area contributed by atoms with E-state index in [-0.39, 0.29) is 23.6 Å². The van der Waals surface area contributed by atoms with Crippen LogP contribution in [-0.2, 0) is 16.4 Å². The van der Waals surface area contributed by atoms with Gasteiger partial charge in [-0.1, -0.05) is 0 Å². The molecule has 2 amide bonds. The minimum Gasteiger partial charge on any atom is -0.332 e. The average Bonchev–Trinajstić information content (AvgIpc) is 3.32. The van der Waals surface area contributed by atoms with Gasteiger partial charge in [-0.3, -0.25) is 0 Å². The first-order valence-corrected chi connectivity index (χ1v) is 9.80. The number of aromatic nitrogens is 2. The van der Waals surface area contributed by atoms with E-state index in [0.29, 0.717) is 31.3 Å². The Hall–Kier alpha value is -1.70. The van der Waals surface area contributed by atoms with E-state index in [9.17, 15) is 13.2 Å². The Morgan fingerprint density at radius 3 is 2.91 bits per heavy atom. The highest BCUT2D eigenvalue weighted by Crippen LogP contribution is 2.37. The van der Waals surface area contributed by atoms with Crippen LogP contribution < -0.4 is 5.32 Å². The topological polar surface area (TPSA) is 92.3 Å². The largest absolute Gasteiger partial charge is 0.332 e. The normalized spacial score (nSPS) is 24.0. The van der Waals surface area contributed by atoms with Crippen LogP contribution in [0, 0.1) is 12.8 Å². The van der Waals surface area contributed by atoms with E-state index < -0.39 is 9.84 Å². The molecule has 3 rings (SSSR count). The maximum Gasteiger partial charge on any atom is 0.318 e. The monoisotopic (exact) mass is 338 g/mol. The zero-order valence-corrected chi connectivity index (χ0v) is 14.1. The molecule has 2 fully saturated rings. The Morgan fingerprint density at radius 1 is 1.43 bits per heavy atom. The fourth-order valence-electron chi connectivity index (χ4n) is 3.05. The van der Waals surface area contributed by atoms with Crippen LogP contribution in [0.5, 0.6) is 0 Å². The van der Waals surface area contributed by atoms with Crippen LogP contribution in [0.1, 0.15) is 30.8 Å². The minimum absolute atomic E-state index is 0.0949. The molecule has 126 valence electrons. The summed E-state index contributed by atoms with van der Waals surface area (Å²) < 4.78 is 24.0. The smallest absolute Gasteiger partial charge is 0.318 e. The first kappa shape index (κ1) is 16.2. The second-order valence-electron chi connectivity index (χ2n) is 6.32. The van der Waals surface area contributed by atoms with Crippen molar-refractivity contribution in [1.82, 2.24) is 20.2 Å². The lowest BCUT2D eigenvalue weighted by Gasteiger charge is -2.29. The fourth-order valence-corrected chi connectivity index (χ4v) is 4.76. The molecular formula is C15H22N4O3S. The van der Waals surface area contributed by atoms with E-state index in [2.05, 4.69) is 15.3 Å². The second kappa shape index (κ2) is 6.43. The minimum atomic E-state index is -3.05. The number of carbonyl (C=O) groups excluding carboxylic acids is 1. The fraction of sp³-hybridized carbons (Fsp3) is 0.667. The molecule has 0 aromatic carbocycles. The van der Waals surface area contributed by atoms with Crippen LogP contribution in [0.3, 0.4) is 0 Å². The van der Waals surface area contributed by atoms with Gasteiger partial charge in [-0.2, -0.15) is 0 Å². The number of urea groups is 1. The lowest BCUT2D eigenvalue weighted by molar-refractivity contribution is 0.173. The number of aryl methyl sites for hydroxylation is 1. The summed E-state index contributed by atoms with van der Waals surface area (Å²) in [5, 5.41) is 2.87. The van der Waals surface area contributed by atoms with Gasteiger partial charge in [0.25, 0.3) is 0 Å². The molecule has 0 radical (unpaired) electrons.